The van der Waals surface area contributed by atoms with Crippen LogP contribution >= 0.6 is 11.3 Å². The molecule has 0 bridgehead atoms. The van der Waals surface area contributed by atoms with Crippen LogP contribution in [0, 0.1) is 6.92 Å². The summed E-state index contributed by atoms with van der Waals surface area (Å²) in [5, 5.41) is 21.2. The van der Waals surface area contributed by atoms with E-state index in [2.05, 4.69) is 20.8 Å². The zero-order chi connectivity index (χ0) is 14.7. The van der Waals surface area contributed by atoms with Crippen molar-refractivity contribution in [1.29, 1.82) is 0 Å². The molecule has 0 saturated heterocycles. The summed E-state index contributed by atoms with van der Waals surface area (Å²) < 4.78 is 1.77. The largest absolute Gasteiger partial charge is 0.390 e. The van der Waals surface area contributed by atoms with E-state index in [0.29, 0.717) is 13.1 Å². The first-order chi connectivity index (χ1) is 10.2. The molecule has 0 spiro atoms. The topological polar surface area (TPSA) is 63.0 Å². The number of rotatable bonds is 6. The van der Waals surface area contributed by atoms with Crippen LogP contribution in [-0.4, -0.2) is 32.5 Å². The fraction of sp³-hybridized carbons (Fsp3) is 0.600. The first-order valence-corrected chi connectivity index (χ1v) is 8.39. The highest BCUT2D eigenvalue weighted by Gasteiger charge is 2.38. The second kappa shape index (κ2) is 6.25. The minimum atomic E-state index is -0.441. The number of hydrogen-bond acceptors (Lipinski definition) is 5. The lowest BCUT2D eigenvalue weighted by Crippen LogP contribution is -2.44. The Morgan fingerprint density at radius 3 is 2.90 bits per heavy atom. The van der Waals surface area contributed by atoms with Gasteiger partial charge in [0.1, 0.15) is 5.01 Å². The van der Waals surface area contributed by atoms with E-state index in [0.717, 1.165) is 18.5 Å². The maximum Gasteiger partial charge on any atom is 0.113 e. The van der Waals surface area contributed by atoms with Gasteiger partial charge in [-0.15, -0.1) is 11.3 Å². The summed E-state index contributed by atoms with van der Waals surface area (Å²) in [4.78, 5) is 4.68. The first kappa shape index (κ1) is 14.7. The maximum atomic E-state index is 10.2. The number of aryl methyl sites for hydroxylation is 1. The van der Waals surface area contributed by atoms with E-state index < -0.39 is 6.10 Å². The van der Waals surface area contributed by atoms with Gasteiger partial charge < -0.3 is 10.4 Å². The Bertz CT molecular complexity index is 560. The van der Waals surface area contributed by atoms with Gasteiger partial charge in [0, 0.05) is 30.0 Å². The van der Waals surface area contributed by atoms with Gasteiger partial charge >= 0.3 is 0 Å². The standard InChI is InChI=1S/C15H22N4OS/c1-12-11-21-14(18-12)15(5-2-3-6-15)16-9-13(20)10-19-8-4-7-17-19/h4,7-8,11,13,16,20H,2-3,5-6,9-10H2,1H3/t13-/m1/s1. The number of nitrogens with one attached hydrogen (secondary N) is 1. The SMILES string of the molecule is Cc1csc(C2(NC[C@@H](O)Cn3cccn3)CCCC2)n1. The van der Waals surface area contributed by atoms with Crippen LogP contribution in [0.4, 0.5) is 0 Å². The molecule has 1 atom stereocenters. The third-order valence-corrected chi connectivity index (χ3v) is 5.28. The monoisotopic (exact) mass is 306 g/mol. The molecule has 1 aliphatic rings. The molecule has 6 heteroatoms. The maximum absolute atomic E-state index is 10.2. The van der Waals surface area contributed by atoms with Crippen LogP contribution in [-0.2, 0) is 12.1 Å². The fourth-order valence-corrected chi connectivity index (χ4v) is 4.05. The van der Waals surface area contributed by atoms with E-state index >= 15 is 0 Å². The van der Waals surface area contributed by atoms with Crippen LogP contribution in [0.15, 0.2) is 23.8 Å². The Kier molecular flexibility index (Phi) is 4.37. The molecule has 0 aromatic carbocycles. The van der Waals surface area contributed by atoms with Crippen molar-refractivity contribution < 1.29 is 5.11 Å². The molecule has 3 rings (SSSR count). The quantitative estimate of drug-likeness (QED) is 0.857. The van der Waals surface area contributed by atoms with Gasteiger partial charge in [-0.3, -0.25) is 4.68 Å². The lowest BCUT2D eigenvalue weighted by Gasteiger charge is -2.29. The van der Waals surface area contributed by atoms with Crippen LogP contribution < -0.4 is 5.32 Å². The Labute approximate surface area is 129 Å². The summed E-state index contributed by atoms with van der Waals surface area (Å²) in [6, 6.07) is 1.87. The van der Waals surface area contributed by atoms with Crippen molar-refractivity contribution in [3.63, 3.8) is 0 Å². The molecule has 2 heterocycles. The molecule has 1 saturated carbocycles. The van der Waals surface area contributed by atoms with Crippen molar-refractivity contribution in [3.05, 3.63) is 34.5 Å². The van der Waals surface area contributed by atoms with E-state index in [1.165, 1.54) is 17.8 Å². The molecule has 0 aliphatic heterocycles. The zero-order valence-electron chi connectivity index (χ0n) is 12.3. The van der Waals surface area contributed by atoms with Crippen LogP contribution in [0.5, 0.6) is 0 Å². The summed E-state index contributed by atoms with van der Waals surface area (Å²) in [7, 11) is 0. The van der Waals surface area contributed by atoms with Crippen molar-refractivity contribution in [2.24, 2.45) is 0 Å². The number of thiazole rings is 1. The molecule has 5 nitrogen and oxygen atoms in total. The second-order valence-electron chi connectivity index (χ2n) is 5.85. The molecular formula is C15H22N4OS. The smallest absolute Gasteiger partial charge is 0.113 e. The van der Waals surface area contributed by atoms with Crippen molar-refractivity contribution in [2.45, 2.75) is 50.8 Å². The predicted octanol–water partition coefficient (Wildman–Crippen LogP) is 2.07. The normalized spacial score (nSPS) is 19.0. The molecule has 2 N–H and O–H groups in total. The van der Waals surface area contributed by atoms with Crippen LogP contribution in [0.1, 0.15) is 36.4 Å². The highest BCUT2D eigenvalue weighted by atomic mass is 32.1. The minimum Gasteiger partial charge on any atom is -0.390 e. The van der Waals surface area contributed by atoms with E-state index in [-0.39, 0.29) is 5.54 Å². The summed E-state index contributed by atoms with van der Waals surface area (Å²) >= 11 is 1.73. The molecule has 0 radical (unpaired) electrons. The second-order valence-corrected chi connectivity index (χ2v) is 6.70. The van der Waals surface area contributed by atoms with Gasteiger partial charge in [-0.05, 0) is 25.8 Å². The van der Waals surface area contributed by atoms with Crippen molar-refractivity contribution >= 4 is 11.3 Å². The van der Waals surface area contributed by atoms with E-state index in [4.69, 9.17) is 0 Å². The van der Waals surface area contributed by atoms with Gasteiger partial charge in [0.2, 0.25) is 0 Å². The summed E-state index contributed by atoms with van der Waals surface area (Å²) in [6.07, 6.45) is 7.82. The van der Waals surface area contributed by atoms with Gasteiger partial charge in [-0.1, -0.05) is 12.8 Å². The molecule has 21 heavy (non-hydrogen) atoms. The van der Waals surface area contributed by atoms with Gasteiger partial charge in [0.15, 0.2) is 0 Å². The Hall–Kier alpha value is -1.24. The minimum absolute atomic E-state index is 0.0377. The van der Waals surface area contributed by atoms with Crippen LogP contribution in [0.3, 0.4) is 0 Å². The van der Waals surface area contributed by atoms with Gasteiger partial charge in [0.05, 0.1) is 18.2 Å². The predicted molar refractivity (Wildman–Crippen MR) is 83.2 cm³/mol. The van der Waals surface area contributed by atoms with Crippen LogP contribution in [0.2, 0.25) is 0 Å². The number of aromatic nitrogens is 3. The molecule has 2 aromatic heterocycles. The fourth-order valence-electron chi connectivity index (χ4n) is 3.02. The lowest BCUT2D eigenvalue weighted by atomic mass is 9.98. The Morgan fingerprint density at radius 1 is 1.48 bits per heavy atom. The Morgan fingerprint density at radius 2 is 2.29 bits per heavy atom. The van der Waals surface area contributed by atoms with Gasteiger partial charge in [0.25, 0.3) is 0 Å². The summed E-state index contributed by atoms with van der Waals surface area (Å²) in [5.74, 6) is 0. The highest BCUT2D eigenvalue weighted by molar-refractivity contribution is 7.09. The molecular weight excluding hydrogens is 284 g/mol. The van der Waals surface area contributed by atoms with Crippen LogP contribution in [0.25, 0.3) is 0 Å². The molecule has 1 fully saturated rings. The average Bonchev–Trinajstić information content (AvgIpc) is 3.17. The van der Waals surface area contributed by atoms with Gasteiger partial charge in [-0.25, -0.2) is 4.98 Å². The third-order valence-electron chi connectivity index (χ3n) is 4.12. The average molecular weight is 306 g/mol. The number of hydrogen-bond donors (Lipinski definition) is 2. The van der Waals surface area contributed by atoms with E-state index in [1.807, 2.05) is 19.2 Å². The summed E-state index contributed by atoms with van der Waals surface area (Å²) in [5.41, 5.74) is 1.05. The third kappa shape index (κ3) is 3.33. The van der Waals surface area contributed by atoms with E-state index in [9.17, 15) is 5.11 Å². The lowest BCUT2D eigenvalue weighted by molar-refractivity contribution is 0.131. The molecule has 2 aromatic rings. The van der Waals surface area contributed by atoms with Crippen molar-refractivity contribution in [1.82, 2.24) is 20.1 Å². The van der Waals surface area contributed by atoms with E-state index in [1.54, 1.807) is 22.2 Å². The molecule has 0 unspecified atom stereocenters. The van der Waals surface area contributed by atoms with Gasteiger partial charge in [-0.2, -0.15) is 5.10 Å². The number of aliphatic hydroxyl groups excluding tert-OH is 1. The number of nitrogens with zero attached hydrogens (tertiary/aromatic N) is 3. The first-order valence-electron chi connectivity index (χ1n) is 7.51. The Balaban J connectivity index is 1.63. The molecule has 114 valence electrons. The van der Waals surface area contributed by atoms with Crippen molar-refractivity contribution in [2.75, 3.05) is 6.54 Å². The molecule has 0 amide bonds. The van der Waals surface area contributed by atoms with Crippen molar-refractivity contribution in [3.8, 4) is 0 Å². The molecule has 1 aliphatic carbocycles. The highest BCUT2D eigenvalue weighted by Crippen LogP contribution is 2.40. The summed E-state index contributed by atoms with van der Waals surface area (Å²) in [6.45, 7) is 3.13. The zero-order valence-corrected chi connectivity index (χ0v) is 13.1. The number of aliphatic hydroxyl groups is 1.